The van der Waals surface area contributed by atoms with Gasteiger partial charge in [-0.15, -0.1) is 0 Å². The molecule has 0 unspecified atom stereocenters. The highest BCUT2D eigenvalue weighted by Gasteiger charge is 2.34. The van der Waals surface area contributed by atoms with E-state index in [0.29, 0.717) is 42.7 Å². The minimum absolute atomic E-state index is 0.0664. The van der Waals surface area contributed by atoms with Crippen LogP contribution in [0, 0.1) is 13.8 Å². The molecule has 4 aromatic heterocycles. The Kier molecular flexibility index (Phi) is 6.15. The van der Waals surface area contributed by atoms with E-state index < -0.39 is 11.7 Å². The predicted molar refractivity (Wildman–Crippen MR) is 128 cm³/mol. The Morgan fingerprint density at radius 1 is 1.08 bits per heavy atom. The van der Waals surface area contributed by atoms with Gasteiger partial charge in [-0.2, -0.15) is 13.2 Å². The molecule has 0 aliphatic carbocycles. The number of aromatic nitrogens is 6. The number of halogens is 3. The molecule has 8 nitrogen and oxygen atoms in total. The third-order valence-electron chi connectivity index (χ3n) is 6.61. The second-order valence-electron chi connectivity index (χ2n) is 8.96. The van der Waals surface area contributed by atoms with Crippen molar-refractivity contribution in [1.82, 2.24) is 29.5 Å². The summed E-state index contributed by atoms with van der Waals surface area (Å²) in [6, 6.07) is 3.95. The lowest BCUT2D eigenvalue weighted by molar-refractivity contribution is -0.138. The molecule has 1 aliphatic rings. The standard InChI is InChI=1S/C25H24F3N7O/c1-15-11-31-20-10-18(17-5-8-34(9-6-17)22-12-29-14-32-16(22)2)24(36)35(23(20)33-15)13-21-19(25(26,27)28)4-3-7-30-21/h3-4,7,10-12,14,17H,5-6,8-9,13H2,1-2H3. The maximum absolute atomic E-state index is 13.7. The smallest absolute Gasteiger partial charge is 0.369 e. The number of nitrogens with zero attached hydrogens (tertiary/aromatic N) is 7. The minimum Gasteiger partial charge on any atom is -0.369 e. The fourth-order valence-corrected chi connectivity index (χ4v) is 4.77. The number of alkyl halides is 3. The molecule has 186 valence electrons. The Balaban J connectivity index is 1.53. The molecular formula is C25H24F3N7O. The van der Waals surface area contributed by atoms with Gasteiger partial charge in [0.05, 0.1) is 41.1 Å². The van der Waals surface area contributed by atoms with E-state index in [1.807, 2.05) is 6.92 Å². The number of hydrogen-bond donors (Lipinski definition) is 0. The molecule has 1 aliphatic heterocycles. The van der Waals surface area contributed by atoms with Gasteiger partial charge < -0.3 is 4.90 Å². The molecule has 1 saturated heterocycles. The molecule has 4 aromatic rings. The fourth-order valence-electron chi connectivity index (χ4n) is 4.77. The van der Waals surface area contributed by atoms with Crippen LogP contribution in [-0.2, 0) is 12.7 Å². The molecule has 5 rings (SSSR count). The largest absolute Gasteiger partial charge is 0.418 e. The van der Waals surface area contributed by atoms with Crippen molar-refractivity contribution < 1.29 is 13.2 Å². The number of fused-ring (bicyclic) bond motifs is 1. The lowest BCUT2D eigenvalue weighted by atomic mass is 9.89. The lowest BCUT2D eigenvalue weighted by Crippen LogP contribution is -2.36. The quantitative estimate of drug-likeness (QED) is 0.422. The number of pyridine rings is 2. The molecule has 36 heavy (non-hydrogen) atoms. The highest BCUT2D eigenvalue weighted by atomic mass is 19.4. The Hall–Kier alpha value is -3.89. The zero-order valence-electron chi connectivity index (χ0n) is 19.8. The van der Waals surface area contributed by atoms with Crippen LogP contribution in [0.15, 0.2) is 47.9 Å². The van der Waals surface area contributed by atoms with Crippen LogP contribution in [0.1, 0.15) is 47.0 Å². The van der Waals surface area contributed by atoms with Crippen molar-refractivity contribution in [2.45, 2.75) is 45.3 Å². The Morgan fingerprint density at radius 2 is 1.86 bits per heavy atom. The van der Waals surface area contributed by atoms with Gasteiger partial charge in [0.15, 0.2) is 5.65 Å². The molecule has 0 amide bonds. The van der Waals surface area contributed by atoms with Gasteiger partial charge >= 0.3 is 6.18 Å². The SMILES string of the molecule is Cc1cnc2cc(C3CCN(c4cncnc4C)CC3)c(=O)n(Cc3ncccc3C(F)(F)F)c2n1. The Bertz CT molecular complexity index is 1480. The zero-order valence-corrected chi connectivity index (χ0v) is 19.8. The van der Waals surface area contributed by atoms with E-state index in [4.69, 9.17) is 0 Å². The molecule has 0 N–H and O–H groups in total. The number of aryl methyl sites for hydroxylation is 2. The average molecular weight is 496 g/mol. The van der Waals surface area contributed by atoms with Crippen molar-refractivity contribution in [3.05, 3.63) is 81.7 Å². The summed E-state index contributed by atoms with van der Waals surface area (Å²) in [5, 5.41) is 0. The van der Waals surface area contributed by atoms with Crippen LogP contribution in [0.25, 0.3) is 11.2 Å². The molecule has 0 atom stereocenters. The number of anilines is 1. The van der Waals surface area contributed by atoms with Crippen molar-refractivity contribution in [3.8, 4) is 0 Å². The van der Waals surface area contributed by atoms with Crippen LogP contribution in [-0.4, -0.2) is 42.6 Å². The van der Waals surface area contributed by atoms with E-state index >= 15 is 0 Å². The third kappa shape index (κ3) is 4.52. The second kappa shape index (κ2) is 9.29. The van der Waals surface area contributed by atoms with E-state index in [2.05, 4.69) is 29.8 Å². The summed E-state index contributed by atoms with van der Waals surface area (Å²) in [6.07, 6.45) is 2.99. The summed E-state index contributed by atoms with van der Waals surface area (Å²) in [7, 11) is 0. The summed E-state index contributed by atoms with van der Waals surface area (Å²) in [6.45, 7) is 4.71. The third-order valence-corrected chi connectivity index (χ3v) is 6.61. The van der Waals surface area contributed by atoms with Gasteiger partial charge in [-0.3, -0.25) is 19.3 Å². The maximum atomic E-state index is 13.7. The van der Waals surface area contributed by atoms with Gasteiger partial charge in [0.25, 0.3) is 5.56 Å². The minimum atomic E-state index is -4.59. The Morgan fingerprint density at radius 3 is 2.58 bits per heavy atom. The molecule has 1 fully saturated rings. The number of hydrogen-bond acceptors (Lipinski definition) is 7. The van der Waals surface area contributed by atoms with Gasteiger partial charge in [-0.25, -0.2) is 15.0 Å². The van der Waals surface area contributed by atoms with E-state index in [1.165, 1.54) is 23.2 Å². The molecule has 11 heteroatoms. The summed E-state index contributed by atoms with van der Waals surface area (Å²) in [5.74, 6) is -0.0664. The van der Waals surface area contributed by atoms with Crippen molar-refractivity contribution in [2.75, 3.05) is 18.0 Å². The van der Waals surface area contributed by atoms with Crippen LogP contribution in [0.3, 0.4) is 0 Å². The summed E-state index contributed by atoms with van der Waals surface area (Å²) in [4.78, 5) is 37.1. The van der Waals surface area contributed by atoms with Gasteiger partial charge in [0.2, 0.25) is 0 Å². The highest BCUT2D eigenvalue weighted by Crippen LogP contribution is 2.33. The van der Waals surface area contributed by atoms with Crippen molar-refractivity contribution in [2.24, 2.45) is 0 Å². The van der Waals surface area contributed by atoms with Crippen LogP contribution in [0.5, 0.6) is 0 Å². The first-order valence-electron chi connectivity index (χ1n) is 11.6. The van der Waals surface area contributed by atoms with Gasteiger partial charge in [0.1, 0.15) is 11.8 Å². The molecule has 0 radical (unpaired) electrons. The molecular weight excluding hydrogens is 471 g/mol. The normalized spacial score (nSPS) is 15.0. The van der Waals surface area contributed by atoms with Crippen LogP contribution in [0.2, 0.25) is 0 Å². The molecule has 0 aromatic carbocycles. The highest BCUT2D eigenvalue weighted by molar-refractivity contribution is 5.71. The monoisotopic (exact) mass is 495 g/mol. The number of piperidine rings is 1. The summed E-state index contributed by atoms with van der Waals surface area (Å²) < 4.78 is 42.2. The predicted octanol–water partition coefficient (Wildman–Crippen LogP) is 4.04. The summed E-state index contributed by atoms with van der Waals surface area (Å²) in [5.41, 5.74) is 2.19. The van der Waals surface area contributed by atoms with Gasteiger partial charge in [-0.1, -0.05) is 0 Å². The zero-order chi connectivity index (χ0) is 25.4. The van der Waals surface area contributed by atoms with Crippen LogP contribution < -0.4 is 10.5 Å². The van der Waals surface area contributed by atoms with Crippen LogP contribution in [0.4, 0.5) is 18.9 Å². The topological polar surface area (TPSA) is 89.7 Å². The first-order valence-corrected chi connectivity index (χ1v) is 11.6. The van der Waals surface area contributed by atoms with Gasteiger partial charge in [-0.05, 0) is 50.8 Å². The summed E-state index contributed by atoms with van der Waals surface area (Å²) >= 11 is 0. The van der Waals surface area contributed by atoms with Crippen LogP contribution >= 0.6 is 0 Å². The lowest BCUT2D eigenvalue weighted by Gasteiger charge is -2.34. The molecule has 0 spiro atoms. The molecule has 0 saturated carbocycles. The van der Waals surface area contributed by atoms with Crippen molar-refractivity contribution >= 4 is 16.9 Å². The number of rotatable bonds is 4. The van der Waals surface area contributed by atoms with E-state index in [0.717, 1.165) is 17.4 Å². The van der Waals surface area contributed by atoms with Crippen molar-refractivity contribution in [1.29, 1.82) is 0 Å². The molecule has 5 heterocycles. The second-order valence-corrected chi connectivity index (χ2v) is 8.96. The first-order chi connectivity index (χ1) is 17.2. The maximum Gasteiger partial charge on any atom is 0.418 e. The Labute approximate surface area is 204 Å². The van der Waals surface area contributed by atoms with E-state index in [1.54, 1.807) is 25.4 Å². The molecule has 0 bridgehead atoms. The van der Waals surface area contributed by atoms with Gasteiger partial charge in [0, 0.05) is 31.0 Å². The fraction of sp³-hybridized carbons (Fsp3) is 0.360. The first kappa shape index (κ1) is 23.8. The van der Waals surface area contributed by atoms with E-state index in [9.17, 15) is 18.0 Å². The van der Waals surface area contributed by atoms with E-state index in [-0.39, 0.29) is 29.4 Å². The van der Waals surface area contributed by atoms with Crippen molar-refractivity contribution in [3.63, 3.8) is 0 Å². The average Bonchev–Trinajstić information content (AvgIpc) is 2.86.